The van der Waals surface area contributed by atoms with E-state index >= 15 is 0 Å². The molecule has 0 aromatic heterocycles. The van der Waals surface area contributed by atoms with Crippen LogP contribution >= 0.6 is 0 Å². The first-order chi connectivity index (χ1) is 9.06. The average Bonchev–Trinajstić information content (AvgIpc) is 2.39. The summed E-state index contributed by atoms with van der Waals surface area (Å²) in [5.74, 6) is 5.79. The number of guanidine groups is 1. The number of nitrogens with one attached hydrogen (secondary N) is 1. The minimum atomic E-state index is -0.244. The number of aliphatic imine (C=N–C) groups is 1. The number of ether oxygens (including phenoxy) is 1. The molecule has 0 saturated carbocycles. The summed E-state index contributed by atoms with van der Waals surface area (Å²) in [4.78, 5) is 6.27. The van der Waals surface area contributed by atoms with E-state index in [1.165, 1.54) is 12.1 Å². The minimum Gasteiger partial charge on any atom is -0.382 e. The fraction of sp³-hybridized carbons (Fsp3) is 0.462. The van der Waals surface area contributed by atoms with Gasteiger partial charge in [-0.05, 0) is 24.6 Å². The van der Waals surface area contributed by atoms with E-state index in [0.29, 0.717) is 19.1 Å². The second kappa shape index (κ2) is 7.70. The lowest BCUT2D eigenvalue weighted by Gasteiger charge is -2.22. The number of halogens is 1. The molecule has 0 heterocycles. The molecular weight excluding hydrogens is 247 g/mol. The summed E-state index contributed by atoms with van der Waals surface area (Å²) in [5.41, 5.74) is 3.55. The standard InChI is InChI=1S/C13H21FN4O/c1-10(9-19-3)16-13(17-15)18(2)8-11-4-6-12(14)7-5-11/h4-7,10H,8-9,15H2,1-3H3,(H,16,17). The van der Waals surface area contributed by atoms with Crippen LogP contribution in [0, 0.1) is 5.82 Å². The molecule has 0 aliphatic heterocycles. The van der Waals surface area contributed by atoms with E-state index in [1.54, 1.807) is 19.2 Å². The Hall–Kier alpha value is -1.66. The van der Waals surface area contributed by atoms with Gasteiger partial charge in [-0.1, -0.05) is 12.1 Å². The van der Waals surface area contributed by atoms with Crippen LogP contribution in [0.15, 0.2) is 29.3 Å². The van der Waals surface area contributed by atoms with Gasteiger partial charge in [0.1, 0.15) is 5.82 Å². The number of nitrogens with zero attached hydrogens (tertiary/aromatic N) is 2. The van der Waals surface area contributed by atoms with Crippen molar-refractivity contribution in [3.8, 4) is 0 Å². The summed E-state index contributed by atoms with van der Waals surface area (Å²) in [7, 11) is 3.49. The summed E-state index contributed by atoms with van der Waals surface area (Å²) in [6.45, 7) is 3.05. The van der Waals surface area contributed by atoms with Crippen LogP contribution in [-0.4, -0.2) is 37.7 Å². The molecule has 1 atom stereocenters. The largest absolute Gasteiger partial charge is 0.382 e. The average molecular weight is 268 g/mol. The van der Waals surface area contributed by atoms with E-state index in [2.05, 4.69) is 10.4 Å². The number of hydrogen-bond donors (Lipinski definition) is 2. The summed E-state index contributed by atoms with van der Waals surface area (Å²) < 4.78 is 17.8. The highest BCUT2D eigenvalue weighted by Gasteiger charge is 2.08. The van der Waals surface area contributed by atoms with Gasteiger partial charge in [0.15, 0.2) is 0 Å². The molecule has 0 saturated heterocycles. The molecule has 1 unspecified atom stereocenters. The molecule has 1 rings (SSSR count). The quantitative estimate of drug-likeness (QED) is 0.363. The number of hydrazine groups is 1. The monoisotopic (exact) mass is 268 g/mol. The molecule has 0 fully saturated rings. The molecule has 6 heteroatoms. The molecule has 1 aromatic carbocycles. The van der Waals surface area contributed by atoms with E-state index < -0.39 is 0 Å². The maximum Gasteiger partial charge on any atom is 0.208 e. The molecule has 19 heavy (non-hydrogen) atoms. The first-order valence-corrected chi connectivity index (χ1v) is 6.05. The predicted molar refractivity (Wildman–Crippen MR) is 74.0 cm³/mol. The van der Waals surface area contributed by atoms with E-state index in [0.717, 1.165) is 5.56 Å². The Morgan fingerprint density at radius 3 is 2.63 bits per heavy atom. The van der Waals surface area contributed by atoms with Crippen LogP contribution in [0.5, 0.6) is 0 Å². The van der Waals surface area contributed by atoms with Crippen LogP contribution in [0.3, 0.4) is 0 Å². The number of methoxy groups -OCH3 is 1. The van der Waals surface area contributed by atoms with Crippen molar-refractivity contribution in [2.24, 2.45) is 10.8 Å². The zero-order valence-corrected chi connectivity index (χ0v) is 11.6. The van der Waals surface area contributed by atoms with E-state index in [-0.39, 0.29) is 11.9 Å². The van der Waals surface area contributed by atoms with Gasteiger partial charge in [0, 0.05) is 20.7 Å². The predicted octanol–water partition coefficient (Wildman–Crippen LogP) is 1.11. The smallest absolute Gasteiger partial charge is 0.208 e. The fourth-order valence-corrected chi connectivity index (χ4v) is 1.67. The minimum absolute atomic E-state index is 0.00622. The Kier molecular flexibility index (Phi) is 6.24. The lowest BCUT2D eigenvalue weighted by atomic mass is 10.2. The number of rotatable bonds is 5. The molecule has 3 N–H and O–H groups in total. The first-order valence-electron chi connectivity index (χ1n) is 6.05. The highest BCUT2D eigenvalue weighted by Crippen LogP contribution is 2.06. The molecule has 0 aliphatic carbocycles. The van der Waals surface area contributed by atoms with E-state index in [9.17, 15) is 4.39 Å². The van der Waals surface area contributed by atoms with Gasteiger partial charge in [0.05, 0.1) is 12.6 Å². The molecule has 1 aromatic rings. The number of hydrogen-bond acceptors (Lipinski definition) is 3. The summed E-state index contributed by atoms with van der Waals surface area (Å²) in [6, 6.07) is 6.34. The normalized spacial score (nSPS) is 13.2. The lowest BCUT2D eigenvalue weighted by molar-refractivity contribution is 0.185. The molecule has 0 bridgehead atoms. The summed E-state index contributed by atoms with van der Waals surface area (Å²) in [6.07, 6.45) is 0. The Labute approximate surface area is 113 Å². The molecule has 0 radical (unpaired) electrons. The zero-order chi connectivity index (χ0) is 14.3. The number of nitrogens with two attached hydrogens (primary N) is 1. The van der Waals surface area contributed by atoms with E-state index in [1.807, 2.05) is 18.9 Å². The van der Waals surface area contributed by atoms with Crippen LogP contribution in [-0.2, 0) is 11.3 Å². The highest BCUT2D eigenvalue weighted by molar-refractivity contribution is 5.79. The first kappa shape index (κ1) is 15.4. The van der Waals surface area contributed by atoms with Gasteiger partial charge in [-0.25, -0.2) is 15.2 Å². The Balaban J connectivity index is 2.68. The zero-order valence-electron chi connectivity index (χ0n) is 11.6. The van der Waals surface area contributed by atoms with Crippen LogP contribution < -0.4 is 11.3 Å². The Morgan fingerprint density at radius 2 is 2.11 bits per heavy atom. The van der Waals surface area contributed by atoms with Crippen molar-refractivity contribution in [2.45, 2.75) is 19.5 Å². The fourth-order valence-electron chi connectivity index (χ4n) is 1.67. The molecule has 106 valence electrons. The summed E-state index contributed by atoms with van der Waals surface area (Å²) >= 11 is 0. The van der Waals surface area contributed by atoms with Gasteiger partial charge in [-0.2, -0.15) is 0 Å². The van der Waals surface area contributed by atoms with Crippen LogP contribution in [0.25, 0.3) is 0 Å². The van der Waals surface area contributed by atoms with Crippen molar-refractivity contribution < 1.29 is 9.13 Å². The van der Waals surface area contributed by atoms with Crippen molar-refractivity contribution in [3.05, 3.63) is 35.6 Å². The lowest BCUT2D eigenvalue weighted by Crippen LogP contribution is -2.43. The SMILES string of the molecule is COCC(C)N=C(NN)N(C)Cc1ccc(F)cc1. The Bertz CT molecular complexity index is 408. The van der Waals surface area contributed by atoms with Gasteiger partial charge >= 0.3 is 0 Å². The number of benzene rings is 1. The molecule has 0 spiro atoms. The van der Waals surface area contributed by atoms with Crippen molar-refractivity contribution >= 4 is 5.96 Å². The topological polar surface area (TPSA) is 62.9 Å². The van der Waals surface area contributed by atoms with Crippen molar-refractivity contribution in [2.75, 3.05) is 20.8 Å². The van der Waals surface area contributed by atoms with Crippen LogP contribution in [0.2, 0.25) is 0 Å². The van der Waals surface area contributed by atoms with Crippen molar-refractivity contribution in [3.63, 3.8) is 0 Å². The maximum atomic E-state index is 12.8. The Morgan fingerprint density at radius 1 is 1.47 bits per heavy atom. The van der Waals surface area contributed by atoms with Gasteiger partial charge in [-0.15, -0.1) is 0 Å². The van der Waals surface area contributed by atoms with Gasteiger partial charge < -0.3 is 9.64 Å². The van der Waals surface area contributed by atoms with Crippen molar-refractivity contribution in [1.29, 1.82) is 0 Å². The molecular formula is C13H21FN4O. The molecule has 5 nitrogen and oxygen atoms in total. The third-order valence-corrected chi connectivity index (χ3v) is 2.57. The summed E-state index contributed by atoms with van der Waals surface area (Å²) in [5, 5.41) is 0. The molecule has 0 aliphatic rings. The van der Waals surface area contributed by atoms with Crippen molar-refractivity contribution in [1.82, 2.24) is 10.3 Å². The molecule has 0 amide bonds. The second-order valence-corrected chi connectivity index (χ2v) is 4.38. The maximum absolute atomic E-state index is 12.8. The third-order valence-electron chi connectivity index (χ3n) is 2.57. The van der Waals surface area contributed by atoms with Gasteiger partial charge in [-0.3, -0.25) is 5.43 Å². The second-order valence-electron chi connectivity index (χ2n) is 4.38. The van der Waals surface area contributed by atoms with Gasteiger partial charge in [0.2, 0.25) is 5.96 Å². The van der Waals surface area contributed by atoms with Gasteiger partial charge in [0.25, 0.3) is 0 Å². The highest BCUT2D eigenvalue weighted by atomic mass is 19.1. The van der Waals surface area contributed by atoms with E-state index in [4.69, 9.17) is 10.6 Å². The van der Waals surface area contributed by atoms with Crippen LogP contribution in [0.1, 0.15) is 12.5 Å². The third kappa shape index (κ3) is 5.23. The van der Waals surface area contributed by atoms with Crippen LogP contribution in [0.4, 0.5) is 4.39 Å².